The molecule has 0 aliphatic heterocycles. The summed E-state index contributed by atoms with van der Waals surface area (Å²) in [5, 5.41) is 3.62. The zero-order chi connectivity index (χ0) is 12.4. The van der Waals surface area contributed by atoms with Gasteiger partial charge in [0.2, 0.25) is 0 Å². The minimum Gasteiger partial charge on any atom is -0.314 e. The van der Waals surface area contributed by atoms with Gasteiger partial charge in [-0.05, 0) is 59.2 Å². The molecule has 0 bridgehead atoms. The molecule has 0 saturated heterocycles. The molecule has 2 heteroatoms. The van der Waals surface area contributed by atoms with Gasteiger partial charge in [-0.25, -0.2) is 0 Å². The van der Waals surface area contributed by atoms with Gasteiger partial charge in [0.05, 0.1) is 0 Å². The molecule has 2 nitrogen and oxygen atoms in total. The van der Waals surface area contributed by atoms with E-state index in [0.717, 1.165) is 12.1 Å². The fourth-order valence-corrected chi connectivity index (χ4v) is 1.92. The van der Waals surface area contributed by atoms with Crippen molar-refractivity contribution in [3.05, 3.63) is 0 Å². The Morgan fingerprint density at radius 2 is 1.81 bits per heavy atom. The SMILES string of the molecule is CCCNC(CC)CCCN(C)C(C)CC. The van der Waals surface area contributed by atoms with Gasteiger partial charge < -0.3 is 10.2 Å². The van der Waals surface area contributed by atoms with E-state index >= 15 is 0 Å². The molecule has 98 valence electrons. The van der Waals surface area contributed by atoms with Crippen LogP contribution >= 0.6 is 0 Å². The summed E-state index contributed by atoms with van der Waals surface area (Å²) in [6.07, 6.45) is 6.38. The number of rotatable bonds is 10. The molecule has 0 aliphatic rings. The number of hydrogen-bond donors (Lipinski definition) is 1. The minimum atomic E-state index is 0.726. The molecule has 2 atom stereocenters. The van der Waals surface area contributed by atoms with E-state index < -0.39 is 0 Å². The molecule has 0 amide bonds. The van der Waals surface area contributed by atoms with Crippen molar-refractivity contribution >= 4 is 0 Å². The zero-order valence-corrected chi connectivity index (χ0v) is 12.1. The van der Waals surface area contributed by atoms with Crippen molar-refractivity contribution in [2.45, 2.75) is 71.9 Å². The minimum absolute atomic E-state index is 0.726. The standard InChI is InChI=1S/C14H32N2/c1-6-11-15-14(8-3)10-9-12-16(5)13(4)7-2/h13-15H,6-12H2,1-5H3. The molecule has 0 fully saturated rings. The molecule has 2 unspecified atom stereocenters. The smallest absolute Gasteiger partial charge is 0.00649 e. The Labute approximate surface area is 103 Å². The molecule has 16 heavy (non-hydrogen) atoms. The molecular weight excluding hydrogens is 196 g/mol. The molecule has 0 aromatic carbocycles. The Bertz CT molecular complexity index is 148. The highest BCUT2D eigenvalue weighted by Crippen LogP contribution is 2.06. The topological polar surface area (TPSA) is 15.3 Å². The van der Waals surface area contributed by atoms with Crippen molar-refractivity contribution in [1.82, 2.24) is 10.2 Å². The second-order valence-corrected chi connectivity index (χ2v) is 4.94. The van der Waals surface area contributed by atoms with E-state index in [1.54, 1.807) is 0 Å². The van der Waals surface area contributed by atoms with Crippen LogP contribution in [0.25, 0.3) is 0 Å². The van der Waals surface area contributed by atoms with Gasteiger partial charge in [0.1, 0.15) is 0 Å². The van der Waals surface area contributed by atoms with E-state index in [4.69, 9.17) is 0 Å². The predicted molar refractivity (Wildman–Crippen MR) is 74.0 cm³/mol. The lowest BCUT2D eigenvalue weighted by molar-refractivity contribution is 0.242. The van der Waals surface area contributed by atoms with Crippen LogP contribution in [0.15, 0.2) is 0 Å². The molecule has 1 N–H and O–H groups in total. The van der Waals surface area contributed by atoms with Gasteiger partial charge >= 0.3 is 0 Å². The summed E-state index contributed by atoms with van der Waals surface area (Å²) in [6, 6.07) is 1.45. The van der Waals surface area contributed by atoms with Gasteiger partial charge in [0.15, 0.2) is 0 Å². The van der Waals surface area contributed by atoms with Gasteiger partial charge in [0, 0.05) is 12.1 Å². The Balaban J connectivity index is 3.60. The summed E-state index contributed by atoms with van der Waals surface area (Å²) in [5.74, 6) is 0. The van der Waals surface area contributed by atoms with Crippen LogP contribution in [0.1, 0.15) is 59.8 Å². The number of nitrogens with zero attached hydrogens (tertiary/aromatic N) is 1. The Morgan fingerprint density at radius 3 is 2.31 bits per heavy atom. The first-order valence-corrected chi connectivity index (χ1v) is 7.09. The van der Waals surface area contributed by atoms with Crippen LogP contribution in [-0.4, -0.2) is 37.1 Å². The van der Waals surface area contributed by atoms with Crippen LogP contribution in [0, 0.1) is 0 Å². The first-order valence-electron chi connectivity index (χ1n) is 7.09. The zero-order valence-electron chi connectivity index (χ0n) is 12.1. The van der Waals surface area contributed by atoms with Crippen LogP contribution in [0.4, 0.5) is 0 Å². The van der Waals surface area contributed by atoms with Crippen LogP contribution in [0.5, 0.6) is 0 Å². The second kappa shape index (κ2) is 10.1. The molecule has 0 heterocycles. The maximum absolute atomic E-state index is 3.62. The van der Waals surface area contributed by atoms with E-state index in [1.165, 1.54) is 45.2 Å². The highest BCUT2D eigenvalue weighted by Gasteiger charge is 2.08. The predicted octanol–water partition coefficient (Wildman–Crippen LogP) is 3.28. The summed E-state index contributed by atoms with van der Waals surface area (Å²) in [4.78, 5) is 2.48. The highest BCUT2D eigenvalue weighted by molar-refractivity contribution is 4.67. The van der Waals surface area contributed by atoms with Crippen LogP contribution in [-0.2, 0) is 0 Å². The van der Waals surface area contributed by atoms with E-state index in [9.17, 15) is 0 Å². The molecule has 0 aromatic heterocycles. The lowest BCUT2D eigenvalue weighted by Crippen LogP contribution is -2.32. The van der Waals surface area contributed by atoms with Crippen molar-refractivity contribution in [2.24, 2.45) is 0 Å². The summed E-state index contributed by atoms with van der Waals surface area (Å²) in [6.45, 7) is 11.5. The lowest BCUT2D eigenvalue weighted by atomic mass is 10.1. The summed E-state index contributed by atoms with van der Waals surface area (Å²) >= 11 is 0. The average molecular weight is 228 g/mol. The second-order valence-electron chi connectivity index (χ2n) is 4.94. The third-order valence-corrected chi connectivity index (χ3v) is 3.58. The van der Waals surface area contributed by atoms with Gasteiger partial charge in [-0.15, -0.1) is 0 Å². The normalized spacial score (nSPS) is 15.4. The van der Waals surface area contributed by atoms with Crippen LogP contribution < -0.4 is 5.32 Å². The Hall–Kier alpha value is -0.0800. The quantitative estimate of drug-likeness (QED) is 0.617. The van der Waals surface area contributed by atoms with E-state index in [2.05, 4.69) is 45.0 Å². The van der Waals surface area contributed by atoms with Crippen LogP contribution in [0.3, 0.4) is 0 Å². The maximum Gasteiger partial charge on any atom is 0.00649 e. The van der Waals surface area contributed by atoms with Crippen molar-refractivity contribution in [1.29, 1.82) is 0 Å². The van der Waals surface area contributed by atoms with Gasteiger partial charge in [-0.2, -0.15) is 0 Å². The van der Waals surface area contributed by atoms with Crippen molar-refractivity contribution < 1.29 is 0 Å². The molecular formula is C14H32N2. The molecule has 0 rings (SSSR count). The summed E-state index contributed by atoms with van der Waals surface area (Å²) in [7, 11) is 2.24. The van der Waals surface area contributed by atoms with Gasteiger partial charge in [-0.1, -0.05) is 20.8 Å². The fourth-order valence-electron chi connectivity index (χ4n) is 1.92. The molecule has 0 spiro atoms. The van der Waals surface area contributed by atoms with Crippen LogP contribution in [0.2, 0.25) is 0 Å². The third-order valence-electron chi connectivity index (χ3n) is 3.58. The van der Waals surface area contributed by atoms with Crippen molar-refractivity contribution in [3.63, 3.8) is 0 Å². The Morgan fingerprint density at radius 1 is 1.12 bits per heavy atom. The monoisotopic (exact) mass is 228 g/mol. The van der Waals surface area contributed by atoms with Crippen molar-refractivity contribution in [3.8, 4) is 0 Å². The summed E-state index contributed by atoms with van der Waals surface area (Å²) in [5.41, 5.74) is 0. The third kappa shape index (κ3) is 7.24. The molecule has 0 aliphatic carbocycles. The van der Waals surface area contributed by atoms with Gasteiger partial charge in [0.25, 0.3) is 0 Å². The lowest BCUT2D eigenvalue weighted by Gasteiger charge is -2.24. The average Bonchev–Trinajstić information content (AvgIpc) is 2.32. The maximum atomic E-state index is 3.62. The molecule has 0 radical (unpaired) electrons. The largest absolute Gasteiger partial charge is 0.314 e. The highest BCUT2D eigenvalue weighted by atomic mass is 15.1. The van der Waals surface area contributed by atoms with E-state index in [0.29, 0.717) is 0 Å². The van der Waals surface area contributed by atoms with Gasteiger partial charge in [-0.3, -0.25) is 0 Å². The Kier molecular flexibility index (Phi) is 10.0. The van der Waals surface area contributed by atoms with Crippen molar-refractivity contribution in [2.75, 3.05) is 20.1 Å². The fraction of sp³-hybridized carbons (Fsp3) is 1.00. The molecule has 0 saturated carbocycles. The number of hydrogen-bond acceptors (Lipinski definition) is 2. The summed E-state index contributed by atoms with van der Waals surface area (Å²) < 4.78 is 0. The van der Waals surface area contributed by atoms with E-state index in [-0.39, 0.29) is 0 Å². The number of nitrogens with one attached hydrogen (secondary N) is 1. The first kappa shape index (κ1) is 15.9. The molecule has 0 aromatic rings. The first-order chi connectivity index (χ1) is 7.65. The van der Waals surface area contributed by atoms with E-state index in [1.807, 2.05) is 0 Å².